The zero-order chi connectivity index (χ0) is 27.3. The van der Waals surface area contributed by atoms with Crippen LogP contribution in [0.4, 0.5) is 5.69 Å². The number of pyridine rings is 2. The number of fused-ring (bicyclic) bond motifs is 1. The Kier molecular flexibility index (Phi) is 8.02. The number of carbonyl (C=O) groups is 1. The number of H-pyrrole nitrogens is 1. The number of carbonyl (C=O) groups excluding carboxylic acids is 1. The first kappa shape index (κ1) is 26.4. The molecule has 208 valence electrons. The molecule has 2 saturated heterocycles. The summed E-state index contributed by atoms with van der Waals surface area (Å²) in [6.45, 7) is 7.29. The number of hydrogen-bond acceptors (Lipinski definition) is 8. The van der Waals surface area contributed by atoms with Gasteiger partial charge in [-0.1, -0.05) is 12.1 Å². The predicted molar refractivity (Wildman–Crippen MR) is 157 cm³/mol. The summed E-state index contributed by atoms with van der Waals surface area (Å²) in [6.07, 6.45) is 7.45. The van der Waals surface area contributed by atoms with Crippen molar-refractivity contribution in [3.8, 4) is 22.6 Å². The second kappa shape index (κ2) is 12.1. The molecule has 0 saturated carbocycles. The Bertz CT molecular complexity index is 1460. The van der Waals surface area contributed by atoms with Crippen molar-refractivity contribution >= 4 is 22.6 Å². The number of nitrogens with zero attached hydrogens (tertiary/aromatic N) is 4. The van der Waals surface area contributed by atoms with E-state index in [2.05, 4.69) is 53.7 Å². The van der Waals surface area contributed by atoms with Crippen LogP contribution in [-0.4, -0.2) is 76.2 Å². The number of anilines is 1. The summed E-state index contributed by atoms with van der Waals surface area (Å²) in [5.41, 5.74) is 6.55. The summed E-state index contributed by atoms with van der Waals surface area (Å²) in [6, 6.07) is 14.4. The number of ether oxygens (including phenoxy) is 1. The molecule has 0 bridgehead atoms. The number of piperidine rings is 2. The molecule has 0 spiro atoms. The Balaban J connectivity index is 1.07. The van der Waals surface area contributed by atoms with Crippen molar-refractivity contribution in [1.29, 1.82) is 0 Å². The molecule has 0 radical (unpaired) electrons. The van der Waals surface area contributed by atoms with Crippen LogP contribution in [-0.2, 0) is 9.53 Å². The predicted octanol–water partition coefficient (Wildman–Crippen LogP) is 4.41. The number of imidazole rings is 1. The van der Waals surface area contributed by atoms with Crippen LogP contribution in [0.1, 0.15) is 31.4 Å². The number of esters is 1. The van der Waals surface area contributed by atoms with E-state index in [1.807, 2.05) is 37.4 Å². The number of aryl methyl sites for hydroxylation is 1. The number of nitrogens with one attached hydrogen (secondary N) is 3. The molecule has 3 aromatic heterocycles. The average molecular weight is 540 g/mol. The molecule has 2 aliphatic heterocycles. The molecular weight excluding hydrogens is 502 g/mol. The van der Waals surface area contributed by atoms with Gasteiger partial charge in [-0.15, -0.1) is 0 Å². The van der Waals surface area contributed by atoms with Gasteiger partial charge in [0.25, 0.3) is 0 Å². The van der Waals surface area contributed by atoms with Crippen molar-refractivity contribution in [1.82, 2.24) is 30.2 Å². The molecule has 2 fully saturated rings. The maximum absolute atomic E-state index is 12.8. The first-order valence-corrected chi connectivity index (χ1v) is 14.4. The van der Waals surface area contributed by atoms with Crippen LogP contribution in [0.15, 0.2) is 55.0 Å². The molecule has 6 rings (SSSR count). The molecule has 40 heavy (non-hydrogen) atoms. The Morgan fingerprint density at radius 3 is 2.90 bits per heavy atom. The number of aromatic nitrogens is 4. The zero-order valence-electron chi connectivity index (χ0n) is 23.0. The van der Waals surface area contributed by atoms with Gasteiger partial charge in [0.15, 0.2) is 0 Å². The fraction of sp³-hybridized carbons (Fsp3) is 0.419. The van der Waals surface area contributed by atoms with Crippen LogP contribution >= 0.6 is 0 Å². The third kappa shape index (κ3) is 6.16. The zero-order valence-corrected chi connectivity index (χ0v) is 23.0. The second-order valence-electron chi connectivity index (χ2n) is 10.9. The SMILES string of the molecule is Cc1cccc(-c2[nH]cnc2-c2ccc3ncc(NCCN4CCC[C@@H](C(=O)OC5CCNCC5)C4)cc3c2)n1. The van der Waals surface area contributed by atoms with E-state index in [1.54, 1.807) is 6.33 Å². The standard InChI is InChI=1S/C31H37N7O2/c1-21-4-2-6-28(37-21)30-29(35-20-36-30)22-7-8-27-24(16-22)17-25(18-34-27)33-13-15-38-14-3-5-23(19-38)31(39)40-26-9-11-32-12-10-26/h2,4,6-8,16-18,20,23,26,32-33H,3,5,9-15,19H2,1H3,(H,35,36)/t23-/m1/s1. The van der Waals surface area contributed by atoms with Crippen LogP contribution in [0.5, 0.6) is 0 Å². The summed E-state index contributed by atoms with van der Waals surface area (Å²) >= 11 is 0. The number of hydrogen-bond donors (Lipinski definition) is 3. The lowest BCUT2D eigenvalue weighted by Gasteiger charge is -2.33. The monoisotopic (exact) mass is 539 g/mol. The minimum atomic E-state index is -0.0219. The molecule has 0 aliphatic carbocycles. The van der Waals surface area contributed by atoms with E-state index < -0.39 is 0 Å². The van der Waals surface area contributed by atoms with Crippen molar-refractivity contribution in [2.45, 2.75) is 38.7 Å². The van der Waals surface area contributed by atoms with Crippen molar-refractivity contribution < 1.29 is 9.53 Å². The van der Waals surface area contributed by atoms with Gasteiger partial charge in [-0.05, 0) is 82.6 Å². The largest absolute Gasteiger partial charge is 0.462 e. The Morgan fingerprint density at radius 2 is 2.02 bits per heavy atom. The molecular formula is C31H37N7O2. The Labute approximate surface area is 234 Å². The fourth-order valence-corrected chi connectivity index (χ4v) is 5.75. The normalized spacial score (nSPS) is 18.6. The van der Waals surface area contributed by atoms with E-state index in [0.29, 0.717) is 0 Å². The van der Waals surface area contributed by atoms with E-state index in [4.69, 9.17) is 4.74 Å². The second-order valence-corrected chi connectivity index (χ2v) is 10.9. The molecule has 0 amide bonds. The summed E-state index contributed by atoms with van der Waals surface area (Å²) < 4.78 is 5.83. The minimum Gasteiger partial charge on any atom is -0.462 e. The Morgan fingerprint density at radius 1 is 1.12 bits per heavy atom. The molecule has 5 heterocycles. The summed E-state index contributed by atoms with van der Waals surface area (Å²) in [7, 11) is 0. The molecule has 1 atom stereocenters. The van der Waals surface area contributed by atoms with Crippen LogP contribution in [0, 0.1) is 12.8 Å². The Hall–Kier alpha value is -3.82. The van der Waals surface area contributed by atoms with E-state index in [1.165, 1.54) is 0 Å². The highest BCUT2D eigenvalue weighted by Crippen LogP contribution is 2.30. The molecule has 3 N–H and O–H groups in total. The summed E-state index contributed by atoms with van der Waals surface area (Å²) in [4.78, 5) is 32.3. The molecule has 0 unspecified atom stereocenters. The van der Waals surface area contributed by atoms with E-state index in [-0.39, 0.29) is 18.0 Å². The highest BCUT2D eigenvalue weighted by Gasteiger charge is 2.29. The highest BCUT2D eigenvalue weighted by atomic mass is 16.5. The highest BCUT2D eigenvalue weighted by molar-refractivity contribution is 5.88. The first-order valence-electron chi connectivity index (χ1n) is 14.4. The quantitative estimate of drug-likeness (QED) is 0.283. The first-order chi connectivity index (χ1) is 19.6. The minimum absolute atomic E-state index is 0.0163. The average Bonchev–Trinajstić information content (AvgIpc) is 3.48. The topological polar surface area (TPSA) is 108 Å². The van der Waals surface area contributed by atoms with Gasteiger partial charge in [-0.2, -0.15) is 0 Å². The maximum atomic E-state index is 12.8. The van der Waals surface area contributed by atoms with Gasteiger partial charge >= 0.3 is 5.97 Å². The number of likely N-dealkylation sites (tertiary alicyclic amines) is 1. The van der Waals surface area contributed by atoms with Gasteiger partial charge in [0.05, 0.1) is 46.7 Å². The lowest BCUT2D eigenvalue weighted by molar-refractivity contribution is -0.157. The van der Waals surface area contributed by atoms with Crippen molar-refractivity contribution in [3.05, 3.63) is 60.7 Å². The van der Waals surface area contributed by atoms with Crippen LogP contribution in [0.3, 0.4) is 0 Å². The molecule has 9 heteroatoms. The smallest absolute Gasteiger partial charge is 0.310 e. The summed E-state index contributed by atoms with van der Waals surface area (Å²) in [5.74, 6) is -0.0383. The summed E-state index contributed by atoms with van der Waals surface area (Å²) in [5, 5.41) is 7.90. The number of benzene rings is 1. The van der Waals surface area contributed by atoms with E-state index >= 15 is 0 Å². The lowest BCUT2D eigenvalue weighted by Crippen LogP contribution is -2.43. The maximum Gasteiger partial charge on any atom is 0.310 e. The van der Waals surface area contributed by atoms with Gasteiger partial charge in [-0.3, -0.25) is 14.8 Å². The fourth-order valence-electron chi connectivity index (χ4n) is 5.75. The van der Waals surface area contributed by atoms with Gasteiger partial charge < -0.3 is 25.3 Å². The molecule has 9 nitrogen and oxygen atoms in total. The third-order valence-corrected chi connectivity index (χ3v) is 7.90. The number of aromatic amines is 1. The van der Waals surface area contributed by atoms with Crippen molar-refractivity contribution in [3.63, 3.8) is 0 Å². The molecule has 1 aromatic carbocycles. The van der Waals surface area contributed by atoms with Gasteiger partial charge in [-0.25, -0.2) is 4.98 Å². The van der Waals surface area contributed by atoms with E-state index in [0.717, 1.165) is 110 Å². The van der Waals surface area contributed by atoms with Gasteiger partial charge in [0, 0.05) is 36.3 Å². The van der Waals surface area contributed by atoms with Crippen LogP contribution in [0.2, 0.25) is 0 Å². The molecule has 2 aliphatic rings. The third-order valence-electron chi connectivity index (χ3n) is 7.90. The van der Waals surface area contributed by atoms with Crippen molar-refractivity contribution in [2.75, 3.05) is 44.6 Å². The number of rotatable bonds is 8. The van der Waals surface area contributed by atoms with E-state index in [9.17, 15) is 4.79 Å². The van der Waals surface area contributed by atoms with Gasteiger partial charge in [0.1, 0.15) is 6.10 Å². The van der Waals surface area contributed by atoms with Gasteiger partial charge in [0.2, 0.25) is 0 Å². The van der Waals surface area contributed by atoms with Crippen LogP contribution in [0.25, 0.3) is 33.5 Å². The van der Waals surface area contributed by atoms with Crippen molar-refractivity contribution in [2.24, 2.45) is 5.92 Å². The lowest BCUT2D eigenvalue weighted by atomic mass is 9.98. The molecule has 4 aromatic rings. The van der Waals surface area contributed by atoms with Crippen LogP contribution < -0.4 is 10.6 Å².